The van der Waals surface area contributed by atoms with Crippen molar-refractivity contribution in [2.75, 3.05) is 12.4 Å². The quantitative estimate of drug-likeness (QED) is 0.404. The van der Waals surface area contributed by atoms with Gasteiger partial charge in [0.15, 0.2) is 0 Å². The lowest BCUT2D eigenvalue weighted by Gasteiger charge is -2.18. The van der Waals surface area contributed by atoms with E-state index in [0.29, 0.717) is 22.7 Å². The number of benzene rings is 2. The molecular weight excluding hydrogens is 434 g/mol. The highest BCUT2D eigenvalue weighted by Crippen LogP contribution is 2.28. The fraction of sp³-hybridized carbons (Fsp3) is 0.160. The summed E-state index contributed by atoms with van der Waals surface area (Å²) in [5, 5.41) is 12.7. The number of ether oxygens (including phenoxy) is 1. The first kappa shape index (κ1) is 22.2. The molecule has 1 atom stereocenters. The molecular formula is C25H23N5O2S. The molecule has 0 fully saturated rings. The third-order valence-corrected chi connectivity index (χ3v) is 5.71. The fourth-order valence-corrected chi connectivity index (χ4v) is 3.78. The number of imidazole rings is 1. The van der Waals surface area contributed by atoms with E-state index >= 15 is 0 Å². The van der Waals surface area contributed by atoms with Crippen molar-refractivity contribution in [3.63, 3.8) is 0 Å². The lowest BCUT2D eigenvalue weighted by atomic mass is 10.1. The molecule has 2 heterocycles. The van der Waals surface area contributed by atoms with E-state index in [1.165, 1.54) is 0 Å². The Hall–Kier alpha value is -3.96. The molecule has 4 rings (SSSR count). The molecule has 33 heavy (non-hydrogen) atoms. The van der Waals surface area contributed by atoms with Gasteiger partial charge in [0.2, 0.25) is 0 Å². The molecule has 0 aliphatic carbocycles. The van der Waals surface area contributed by atoms with E-state index in [1.54, 1.807) is 30.3 Å². The number of thiol groups is 1. The van der Waals surface area contributed by atoms with E-state index in [0.717, 1.165) is 21.8 Å². The third-order valence-electron chi connectivity index (χ3n) is 5.41. The average Bonchev–Trinajstić information content (AvgIpc) is 3.26. The Morgan fingerprint density at radius 1 is 1.15 bits per heavy atom. The number of nitrogens with one attached hydrogen (secondary N) is 1. The van der Waals surface area contributed by atoms with Crippen LogP contribution in [0.3, 0.4) is 0 Å². The van der Waals surface area contributed by atoms with Gasteiger partial charge in [-0.15, -0.1) is 12.6 Å². The summed E-state index contributed by atoms with van der Waals surface area (Å²) in [5.74, 6) is 0.620. The summed E-state index contributed by atoms with van der Waals surface area (Å²) in [7, 11) is 1.59. The largest absolute Gasteiger partial charge is 0.494 e. The van der Waals surface area contributed by atoms with E-state index < -0.39 is 0 Å². The zero-order valence-corrected chi connectivity index (χ0v) is 19.4. The van der Waals surface area contributed by atoms with Crippen molar-refractivity contribution in [3.05, 3.63) is 94.4 Å². The third kappa shape index (κ3) is 4.64. The number of nitrogens with zero attached hydrogens (tertiary/aromatic N) is 4. The van der Waals surface area contributed by atoms with Crippen LogP contribution in [0.15, 0.2) is 76.9 Å². The first-order valence-corrected chi connectivity index (χ1v) is 10.8. The monoisotopic (exact) mass is 457 g/mol. The maximum absolute atomic E-state index is 13.3. The van der Waals surface area contributed by atoms with Gasteiger partial charge in [-0.3, -0.25) is 4.79 Å². The van der Waals surface area contributed by atoms with Gasteiger partial charge in [0.1, 0.15) is 17.5 Å². The zero-order valence-electron chi connectivity index (χ0n) is 18.5. The number of aryl methyl sites for hydroxylation is 1. The summed E-state index contributed by atoms with van der Waals surface area (Å²) in [6.45, 7) is 3.84. The summed E-state index contributed by atoms with van der Waals surface area (Å²) in [6.07, 6.45) is 5.20. The molecule has 0 aliphatic heterocycles. The molecule has 8 heteroatoms. The Balaban J connectivity index is 1.71. The van der Waals surface area contributed by atoms with Gasteiger partial charge < -0.3 is 19.2 Å². The van der Waals surface area contributed by atoms with Gasteiger partial charge in [0.25, 0.3) is 5.56 Å². The number of hydrogen-bond donors (Lipinski definition) is 2. The molecule has 0 aliphatic rings. The lowest BCUT2D eigenvalue weighted by Crippen LogP contribution is -2.26. The summed E-state index contributed by atoms with van der Waals surface area (Å²) in [4.78, 5) is 18.4. The SMILES string of the molecule is COc1cc(Nc2cc(C#N)cn([C@@H](C)c3ccc(S)cc3)c2=O)ccc1-n1cnc(C)c1. The Labute approximate surface area is 197 Å². The molecule has 7 nitrogen and oxygen atoms in total. The highest BCUT2D eigenvalue weighted by atomic mass is 32.1. The van der Waals surface area contributed by atoms with E-state index in [1.807, 2.05) is 67.1 Å². The Bertz CT molecular complexity index is 1400. The standard InChI is InChI=1S/C25H23N5O2S/c1-16-13-29(15-27-16)23-9-6-20(11-24(23)32-3)28-22-10-18(12-26)14-30(25(22)31)17(2)19-4-7-21(33)8-5-19/h4-11,13-15,17,28,33H,1-3H3/t17-/m0/s1. The van der Waals surface area contributed by atoms with E-state index in [2.05, 4.69) is 29.0 Å². The molecule has 0 saturated heterocycles. The Morgan fingerprint density at radius 3 is 2.55 bits per heavy atom. The van der Waals surface area contributed by atoms with Crippen LogP contribution >= 0.6 is 12.6 Å². The van der Waals surface area contributed by atoms with Crippen LogP contribution in [0, 0.1) is 18.3 Å². The lowest BCUT2D eigenvalue weighted by molar-refractivity contribution is 0.413. The predicted molar refractivity (Wildman–Crippen MR) is 131 cm³/mol. The second-order valence-corrected chi connectivity index (χ2v) is 8.18. The van der Waals surface area contributed by atoms with Crippen LogP contribution < -0.4 is 15.6 Å². The number of aromatic nitrogens is 3. The maximum Gasteiger partial charge on any atom is 0.274 e. The van der Waals surface area contributed by atoms with Crippen LogP contribution in [0.4, 0.5) is 11.4 Å². The van der Waals surface area contributed by atoms with Crippen LogP contribution in [0.1, 0.15) is 29.8 Å². The molecule has 166 valence electrons. The van der Waals surface area contributed by atoms with Gasteiger partial charge in [-0.25, -0.2) is 4.98 Å². The molecule has 0 bridgehead atoms. The van der Waals surface area contributed by atoms with Crippen molar-refractivity contribution in [1.29, 1.82) is 5.26 Å². The zero-order chi connectivity index (χ0) is 23.5. The fourth-order valence-electron chi connectivity index (χ4n) is 3.63. The molecule has 1 N–H and O–H groups in total. The number of pyridine rings is 1. The van der Waals surface area contributed by atoms with Crippen LogP contribution in [0.2, 0.25) is 0 Å². The minimum atomic E-state index is -0.262. The normalized spacial score (nSPS) is 11.6. The second-order valence-electron chi connectivity index (χ2n) is 7.67. The Morgan fingerprint density at radius 2 is 1.91 bits per heavy atom. The van der Waals surface area contributed by atoms with Gasteiger partial charge in [-0.2, -0.15) is 5.26 Å². The molecule has 2 aromatic heterocycles. The van der Waals surface area contributed by atoms with Gasteiger partial charge >= 0.3 is 0 Å². The van der Waals surface area contributed by atoms with Crippen LogP contribution in [-0.4, -0.2) is 21.2 Å². The highest BCUT2D eigenvalue weighted by Gasteiger charge is 2.15. The first-order chi connectivity index (χ1) is 15.9. The minimum Gasteiger partial charge on any atom is -0.494 e. The number of methoxy groups -OCH3 is 1. The predicted octanol–water partition coefficient (Wildman–Crippen LogP) is 4.86. The topological polar surface area (TPSA) is 84.9 Å². The summed E-state index contributed by atoms with van der Waals surface area (Å²) in [5.41, 5.74) is 3.78. The smallest absolute Gasteiger partial charge is 0.274 e. The molecule has 0 saturated carbocycles. The van der Waals surface area contributed by atoms with Crippen LogP contribution in [0.25, 0.3) is 5.69 Å². The van der Waals surface area contributed by atoms with E-state index in [-0.39, 0.29) is 11.6 Å². The van der Waals surface area contributed by atoms with Crippen molar-refractivity contribution in [3.8, 4) is 17.5 Å². The maximum atomic E-state index is 13.3. The van der Waals surface area contributed by atoms with Crippen molar-refractivity contribution < 1.29 is 4.74 Å². The molecule has 2 aromatic carbocycles. The van der Waals surface area contributed by atoms with Gasteiger partial charge in [-0.05, 0) is 49.7 Å². The minimum absolute atomic E-state index is 0.232. The first-order valence-electron chi connectivity index (χ1n) is 10.3. The van der Waals surface area contributed by atoms with Crippen molar-refractivity contribution in [1.82, 2.24) is 14.1 Å². The second kappa shape index (κ2) is 9.27. The van der Waals surface area contributed by atoms with E-state index in [4.69, 9.17) is 4.74 Å². The molecule has 4 aromatic rings. The molecule has 0 amide bonds. The van der Waals surface area contributed by atoms with Crippen LogP contribution in [-0.2, 0) is 0 Å². The number of anilines is 2. The van der Waals surface area contributed by atoms with Gasteiger partial charge in [0, 0.05) is 29.0 Å². The van der Waals surface area contributed by atoms with E-state index in [9.17, 15) is 10.1 Å². The summed E-state index contributed by atoms with van der Waals surface area (Å²) >= 11 is 4.32. The molecule has 0 unspecified atom stereocenters. The van der Waals surface area contributed by atoms with Crippen LogP contribution in [0.5, 0.6) is 5.75 Å². The van der Waals surface area contributed by atoms with Gasteiger partial charge in [0.05, 0.1) is 36.4 Å². The van der Waals surface area contributed by atoms with Crippen molar-refractivity contribution in [2.45, 2.75) is 24.8 Å². The summed E-state index contributed by atoms with van der Waals surface area (Å²) in [6, 6.07) is 16.6. The van der Waals surface area contributed by atoms with Gasteiger partial charge in [-0.1, -0.05) is 12.1 Å². The van der Waals surface area contributed by atoms with Crippen molar-refractivity contribution >= 4 is 24.0 Å². The number of rotatable bonds is 6. The highest BCUT2D eigenvalue weighted by molar-refractivity contribution is 7.80. The molecule has 0 radical (unpaired) electrons. The van der Waals surface area contributed by atoms with Crippen molar-refractivity contribution in [2.24, 2.45) is 0 Å². The average molecular weight is 458 g/mol. The Kier molecular flexibility index (Phi) is 6.24. The molecule has 0 spiro atoms. The number of hydrogen-bond acceptors (Lipinski definition) is 6. The number of nitriles is 1. The summed E-state index contributed by atoms with van der Waals surface area (Å²) < 4.78 is 9.00.